The summed E-state index contributed by atoms with van der Waals surface area (Å²) in [5.74, 6) is -2.77. The zero-order valence-electron chi connectivity index (χ0n) is 20.2. The van der Waals surface area contributed by atoms with E-state index in [4.69, 9.17) is 9.84 Å². The molecule has 1 saturated heterocycles. The molecule has 0 aliphatic carbocycles. The highest BCUT2D eigenvalue weighted by molar-refractivity contribution is 5.89. The molecule has 0 saturated carbocycles. The van der Waals surface area contributed by atoms with Crippen LogP contribution in [0.25, 0.3) is 0 Å². The lowest BCUT2D eigenvalue weighted by Gasteiger charge is -2.37. The second kappa shape index (κ2) is 11.4. The zero-order valence-corrected chi connectivity index (χ0v) is 20.2. The normalized spacial score (nSPS) is 25.5. The van der Waals surface area contributed by atoms with Gasteiger partial charge in [-0.3, -0.25) is 25.0 Å². The summed E-state index contributed by atoms with van der Waals surface area (Å²) in [7, 11) is 0. The Bertz CT molecular complexity index is 1020. The van der Waals surface area contributed by atoms with Gasteiger partial charge in [-0.25, -0.2) is 0 Å². The standard InChI is InChI=1S/C26H33N3O6/c1-4-17(2)24(35-16-18-11-7-5-8-12-18)21-23(29(33)34)22(19-13-9-6-10-14-19)28-26(21,3)25(32)27-15-20(30)31/h5-14,17,21-24,28H,4,15-16H2,1-3H3,(H,27,32)(H,30,31)/t17-,21+,22-,23-,24-,26+/m0/s1. The largest absolute Gasteiger partial charge is 0.480 e. The fraction of sp³-hybridized carbons (Fsp3) is 0.462. The summed E-state index contributed by atoms with van der Waals surface area (Å²) < 4.78 is 6.36. The van der Waals surface area contributed by atoms with Crippen LogP contribution < -0.4 is 10.6 Å². The molecule has 1 amide bonds. The first-order valence-electron chi connectivity index (χ1n) is 11.8. The average Bonchev–Trinajstić information content (AvgIpc) is 3.18. The number of carbonyl (C=O) groups is 2. The molecule has 6 atom stereocenters. The Labute approximate surface area is 205 Å². The second-order valence-electron chi connectivity index (χ2n) is 9.26. The topological polar surface area (TPSA) is 131 Å². The van der Waals surface area contributed by atoms with E-state index >= 15 is 0 Å². The molecule has 9 heteroatoms. The van der Waals surface area contributed by atoms with Crippen LogP contribution in [0.15, 0.2) is 60.7 Å². The van der Waals surface area contributed by atoms with Gasteiger partial charge in [0.15, 0.2) is 0 Å². The first-order chi connectivity index (χ1) is 16.7. The van der Waals surface area contributed by atoms with Crippen LogP contribution in [0.4, 0.5) is 0 Å². The lowest BCUT2D eigenvalue weighted by Crippen LogP contribution is -2.60. The molecule has 1 aliphatic heterocycles. The van der Waals surface area contributed by atoms with E-state index in [9.17, 15) is 19.7 Å². The summed E-state index contributed by atoms with van der Waals surface area (Å²) in [6.07, 6.45) is 0.0424. The van der Waals surface area contributed by atoms with Crippen molar-refractivity contribution in [3.63, 3.8) is 0 Å². The third-order valence-electron chi connectivity index (χ3n) is 6.95. The Hall–Kier alpha value is -3.30. The summed E-state index contributed by atoms with van der Waals surface area (Å²) in [5.41, 5.74) is 0.152. The fourth-order valence-corrected chi connectivity index (χ4v) is 4.95. The number of hydrogen-bond donors (Lipinski definition) is 3. The Balaban J connectivity index is 2.06. The predicted molar refractivity (Wildman–Crippen MR) is 130 cm³/mol. The van der Waals surface area contributed by atoms with Gasteiger partial charge in [0.25, 0.3) is 0 Å². The van der Waals surface area contributed by atoms with Gasteiger partial charge >= 0.3 is 5.97 Å². The minimum absolute atomic E-state index is 0.103. The smallest absolute Gasteiger partial charge is 0.322 e. The van der Waals surface area contributed by atoms with Gasteiger partial charge in [0.1, 0.15) is 18.1 Å². The van der Waals surface area contributed by atoms with E-state index in [-0.39, 0.29) is 17.4 Å². The molecular formula is C26H33N3O6. The number of carboxylic acids is 1. The van der Waals surface area contributed by atoms with E-state index in [2.05, 4.69) is 10.6 Å². The van der Waals surface area contributed by atoms with Gasteiger partial charge in [-0.1, -0.05) is 80.9 Å². The van der Waals surface area contributed by atoms with Crippen LogP contribution in [0.5, 0.6) is 0 Å². The van der Waals surface area contributed by atoms with Crippen molar-refractivity contribution in [1.29, 1.82) is 0 Å². The average molecular weight is 484 g/mol. The van der Waals surface area contributed by atoms with E-state index in [1.807, 2.05) is 50.2 Å². The van der Waals surface area contributed by atoms with Gasteiger partial charge in [-0.15, -0.1) is 0 Å². The minimum atomic E-state index is -1.45. The third-order valence-corrected chi connectivity index (χ3v) is 6.95. The molecule has 0 aromatic heterocycles. The maximum atomic E-state index is 13.4. The molecule has 0 radical (unpaired) electrons. The van der Waals surface area contributed by atoms with Crippen molar-refractivity contribution in [2.24, 2.45) is 11.8 Å². The number of hydrogen-bond acceptors (Lipinski definition) is 6. The van der Waals surface area contributed by atoms with Gasteiger partial charge in [0.05, 0.1) is 18.6 Å². The molecule has 1 heterocycles. The number of rotatable bonds is 11. The Morgan fingerprint density at radius 1 is 1.17 bits per heavy atom. The number of carboxylic acid groups (broad SMARTS) is 1. The number of amides is 1. The molecule has 2 aromatic carbocycles. The molecule has 0 spiro atoms. The summed E-state index contributed by atoms with van der Waals surface area (Å²) in [6.45, 7) is 5.19. The zero-order chi connectivity index (χ0) is 25.6. The van der Waals surface area contributed by atoms with E-state index in [1.54, 1.807) is 31.2 Å². The molecule has 3 rings (SSSR count). The van der Waals surface area contributed by atoms with Crippen LogP contribution in [0.2, 0.25) is 0 Å². The van der Waals surface area contributed by atoms with Crippen LogP contribution in [-0.4, -0.2) is 46.1 Å². The van der Waals surface area contributed by atoms with Crippen molar-refractivity contribution in [3.8, 4) is 0 Å². The van der Waals surface area contributed by atoms with Gasteiger partial charge in [-0.05, 0) is 24.0 Å². The SMILES string of the molecule is CC[C@H](C)[C@H](OCc1ccccc1)[C@H]1[C@H]([N+](=O)[O-])[C@H](c2ccccc2)N[C@@]1(C)C(=O)NCC(=O)O. The van der Waals surface area contributed by atoms with E-state index in [1.165, 1.54) is 0 Å². The number of ether oxygens (including phenoxy) is 1. The molecule has 35 heavy (non-hydrogen) atoms. The second-order valence-corrected chi connectivity index (χ2v) is 9.26. The first-order valence-corrected chi connectivity index (χ1v) is 11.8. The molecule has 9 nitrogen and oxygen atoms in total. The molecule has 3 N–H and O–H groups in total. The number of benzene rings is 2. The van der Waals surface area contributed by atoms with Crippen molar-refractivity contribution >= 4 is 11.9 Å². The summed E-state index contributed by atoms with van der Waals surface area (Å²) in [4.78, 5) is 36.7. The van der Waals surface area contributed by atoms with Crippen molar-refractivity contribution < 1.29 is 24.4 Å². The minimum Gasteiger partial charge on any atom is -0.480 e. The van der Waals surface area contributed by atoms with E-state index < -0.39 is 48.1 Å². The van der Waals surface area contributed by atoms with Gasteiger partial charge in [0, 0.05) is 4.92 Å². The van der Waals surface area contributed by atoms with Gasteiger partial charge in [0.2, 0.25) is 11.9 Å². The van der Waals surface area contributed by atoms with Crippen molar-refractivity contribution in [2.75, 3.05) is 6.54 Å². The van der Waals surface area contributed by atoms with Crippen molar-refractivity contribution in [1.82, 2.24) is 10.6 Å². The molecule has 1 fully saturated rings. The highest BCUT2D eigenvalue weighted by Gasteiger charge is 2.64. The molecule has 0 unspecified atom stereocenters. The first kappa shape index (κ1) is 26.3. The van der Waals surface area contributed by atoms with Crippen LogP contribution >= 0.6 is 0 Å². The Morgan fingerprint density at radius 2 is 1.77 bits per heavy atom. The lowest BCUT2D eigenvalue weighted by atomic mass is 9.74. The fourth-order valence-electron chi connectivity index (χ4n) is 4.95. The van der Waals surface area contributed by atoms with E-state index in [0.717, 1.165) is 5.56 Å². The number of nitrogens with one attached hydrogen (secondary N) is 2. The highest BCUT2D eigenvalue weighted by atomic mass is 16.6. The van der Waals surface area contributed by atoms with Crippen LogP contribution in [0, 0.1) is 22.0 Å². The number of carbonyl (C=O) groups excluding carboxylic acids is 1. The summed E-state index contributed by atoms with van der Waals surface area (Å²) in [5, 5.41) is 27.3. The molecule has 2 aromatic rings. The van der Waals surface area contributed by atoms with Crippen molar-refractivity contribution in [2.45, 2.75) is 57.5 Å². The highest BCUT2D eigenvalue weighted by Crippen LogP contribution is 2.45. The number of nitro groups is 1. The number of aliphatic carboxylic acids is 1. The third kappa shape index (κ3) is 5.86. The summed E-state index contributed by atoms with van der Waals surface area (Å²) >= 11 is 0. The maximum Gasteiger partial charge on any atom is 0.322 e. The lowest BCUT2D eigenvalue weighted by molar-refractivity contribution is -0.536. The van der Waals surface area contributed by atoms with Gasteiger partial charge in [-0.2, -0.15) is 0 Å². The maximum absolute atomic E-state index is 13.4. The van der Waals surface area contributed by atoms with Crippen LogP contribution in [0.1, 0.15) is 44.4 Å². The summed E-state index contributed by atoms with van der Waals surface area (Å²) in [6, 6.07) is 16.6. The molecule has 0 bridgehead atoms. The van der Waals surface area contributed by atoms with Crippen LogP contribution in [0.3, 0.4) is 0 Å². The van der Waals surface area contributed by atoms with E-state index in [0.29, 0.717) is 12.0 Å². The quantitative estimate of drug-likeness (QED) is 0.330. The molecule has 188 valence electrons. The Kier molecular flexibility index (Phi) is 8.58. The molecule has 1 aliphatic rings. The van der Waals surface area contributed by atoms with Crippen molar-refractivity contribution in [3.05, 3.63) is 81.9 Å². The monoisotopic (exact) mass is 483 g/mol. The number of nitrogens with zero attached hydrogens (tertiary/aromatic N) is 1. The predicted octanol–water partition coefficient (Wildman–Crippen LogP) is 3.18. The van der Waals surface area contributed by atoms with Crippen LogP contribution in [-0.2, 0) is 20.9 Å². The molecular weight excluding hydrogens is 450 g/mol. The Morgan fingerprint density at radius 3 is 2.31 bits per heavy atom. The van der Waals surface area contributed by atoms with Gasteiger partial charge < -0.3 is 15.2 Å².